The maximum Gasteiger partial charge on any atom is 0.335 e. The van der Waals surface area contributed by atoms with Gasteiger partial charge in [0.2, 0.25) is 0 Å². The molecule has 1 aromatic rings. The molecule has 0 aromatic carbocycles. The number of rotatable bonds is 2. The standard InChI is InChI=1S/C24H32O5/c1-22-9-7-19-20(4-3-16-12-17(26)6-10-23(16,19)14-25)24(22,28)11-8-18(22)15-2-5-21(27)29-13-15/h2,5,13-14,16-20,26,28H,3-4,6-12H2,1H3/t16-,17-,18+,19-,20+,22+,23+,24-/m0/s1. The van der Waals surface area contributed by atoms with E-state index in [4.69, 9.17) is 4.42 Å². The third-order valence-electron chi connectivity index (χ3n) is 9.73. The van der Waals surface area contributed by atoms with Gasteiger partial charge in [0.15, 0.2) is 0 Å². The summed E-state index contributed by atoms with van der Waals surface area (Å²) in [4.78, 5) is 23.9. The Bertz CT molecular complexity index is 843. The second-order valence-electron chi connectivity index (χ2n) is 10.5. The van der Waals surface area contributed by atoms with E-state index >= 15 is 0 Å². The molecule has 4 aliphatic carbocycles. The number of aliphatic hydroxyl groups excluding tert-OH is 1. The van der Waals surface area contributed by atoms with E-state index in [-0.39, 0.29) is 46.2 Å². The Hall–Kier alpha value is -1.46. The van der Waals surface area contributed by atoms with Gasteiger partial charge in [-0.15, -0.1) is 0 Å². The van der Waals surface area contributed by atoms with Crippen LogP contribution < -0.4 is 5.63 Å². The molecule has 0 amide bonds. The number of fused-ring (bicyclic) bond motifs is 5. The van der Waals surface area contributed by atoms with Crippen LogP contribution in [0.25, 0.3) is 0 Å². The van der Waals surface area contributed by atoms with Crippen LogP contribution in [0.4, 0.5) is 0 Å². The van der Waals surface area contributed by atoms with Crippen LogP contribution in [0.1, 0.15) is 76.2 Å². The maximum absolute atomic E-state index is 12.5. The first-order valence-corrected chi connectivity index (χ1v) is 11.3. The molecule has 0 bridgehead atoms. The Balaban J connectivity index is 1.50. The first-order valence-electron chi connectivity index (χ1n) is 11.3. The predicted molar refractivity (Wildman–Crippen MR) is 107 cm³/mol. The fourth-order valence-electron chi connectivity index (χ4n) is 8.23. The van der Waals surface area contributed by atoms with Crippen LogP contribution in [0.2, 0.25) is 0 Å². The molecule has 2 N–H and O–H groups in total. The molecular formula is C24H32O5. The lowest BCUT2D eigenvalue weighted by Gasteiger charge is -2.62. The van der Waals surface area contributed by atoms with E-state index in [0.29, 0.717) is 6.42 Å². The number of hydrogen-bond donors (Lipinski definition) is 2. The molecule has 0 spiro atoms. The van der Waals surface area contributed by atoms with E-state index in [2.05, 4.69) is 6.92 Å². The molecule has 29 heavy (non-hydrogen) atoms. The molecule has 5 nitrogen and oxygen atoms in total. The van der Waals surface area contributed by atoms with Crippen LogP contribution in [0.5, 0.6) is 0 Å². The Morgan fingerprint density at radius 3 is 2.62 bits per heavy atom. The highest BCUT2D eigenvalue weighted by molar-refractivity contribution is 5.62. The van der Waals surface area contributed by atoms with Crippen molar-refractivity contribution in [1.82, 2.24) is 0 Å². The quantitative estimate of drug-likeness (QED) is 0.743. The molecule has 4 aliphatic rings. The van der Waals surface area contributed by atoms with E-state index in [9.17, 15) is 19.8 Å². The first kappa shape index (κ1) is 19.5. The summed E-state index contributed by atoms with van der Waals surface area (Å²) in [5, 5.41) is 22.3. The van der Waals surface area contributed by atoms with E-state index in [1.807, 2.05) is 6.07 Å². The van der Waals surface area contributed by atoms with Gasteiger partial charge < -0.3 is 19.4 Å². The largest absolute Gasteiger partial charge is 0.431 e. The van der Waals surface area contributed by atoms with Crippen LogP contribution in [0.3, 0.4) is 0 Å². The Labute approximate surface area is 171 Å². The van der Waals surface area contributed by atoms with Crippen molar-refractivity contribution in [2.75, 3.05) is 0 Å². The topological polar surface area (TPSA) is 87.7 Å². The molecule has 8 atom stereocenters. The van der Waals surface area contributed by atoms with E-state index < -0.39 is 5.60 Å². The van der Waals surface area contributed by atoms with Crippen LogP contribution >= 0.6 is 0 Å². The van der Waals surface area contributed by atoms with Crippen LogP contribution in [-0.4, -0.2) is 28.2 Å². The van der Waals surface area contributed by atoms with Gasteiger partial charge >= 0.3 is 5.63 Å². The minimum Gasteiger partial charge on any atom is -0.431 e. The van der Waals surface area contributed by atoms with Gasteiger partial charge in [-0.05, 0) is 93.1 Å². The van der Waals surface area contributed by atoms with Gasteiger partial charge in [0.1, 0.15) is 6.29 Å². The normalized spacial score (nSPS) is 49.0. The predicted octanol–water partition coefficient (Wildman–Crippen LogP) is 3.42. The summed E-state index contributed by atoms with van der Waals surface area (Å²) in [6.45, 7) is 2.20. The zero-order valence-corrected chi connectivity index (χ0v) is 17.2. The van der Waals surface area contributed by atoms with E-state index in [1.165, 1.54) is 12.4 Å². The lowest BCUT2D eigenvalue weighted by atomic mass is 9.43. The fraction of sp³-hybridized carbons (Fsp3) is 0.750. The molecule has 5 rings (SSSR count). The Morgan fingerprint density at radius 2 is 1.90 bits per heavy atom. The van der Waals surface area contributed by atoms with Gasteiger partial charge in [-0.25, -0.2) is 4.79 Å². The smallest absolute Gasteiger partial charge is 0.335 e. The van der Waals surface area contributed by atoms with Crippen molar-refractivity contribution in [2.24, 2.45) is 28.6 Å². The minimum atomic E-state index is -0.798. The highest BCUT2D eigenvalue weighted by Crippen LogP contribution is 2.70. The molecule has 4 saturated carbocycles. The summed E-state index contributed by atoms with van der Waals surface area (Å²) in [6.07, 6.45) is 9.93. The molecule has 4 fully saturated rings. The van der Waals surface area contributed by atoms with Crippen LogP contribution in [0.15, 0.2) is 27.6 Å². The van der Waals surface area contributed by atoms with Gasteiger partial charge in [0, 0.05) is 16.9 Å². The summed E-state index contributed by atoms with van der Waals surface area (Å²) >= 11 is 0. The summed E-state index contributed by atoms with van der Waals surface area (Å²) in [7, 11) is 0. The maximum atomic E-state index is 12.5. The summed E-state index contributed by atoms with van der Waals surface area (Å²) in [6, 6.07) is 3.33. The lowest BCUT2D eigenvalue weighted by molar-refractivity contribution is -0.204. The number of carbonyl (C=O) groups is 1. The molecular weight excluding hydrogens is 368 g/mol. The van der Waals surface area contributed by atoms with Gasteiger partial charge in [0.25, 0.3) is 0 Å². The third-order valence-corrected chi connectivity index (χ3v) is 9.73. The second-order valence-corrected chi connectivity index (χ2v) is 10.5. The second kappa shape index (κ2) is 6.52. The zero-order chi connectivity index (χ0) is 20.4. The van der Waals surface area contributed by atoms with Gasteiger partial charge in [-0.1, -0.05) is 6.92 Å². The third kappa shape index (κ3) is 2.53. The summed E-state index contributed by atoms with van der Waals surface area (Å²) < 4.78 is 5.14. The SMILES string of the molecule is C[C@]12CC[C@H]3[C@@H](CC[C@H]4C[C@@H](O)CC[C@@]43C=O)[C@@]1(O)CC[C@@H]2c1ccc(=O)oc1. The molecule has 158 valence electrons. The van der Waals surface area contributed by atoms with E-state index in [1.54, 1.807) is 6.26 Å². The highest BCUT2D eigenvalue weighted by atomic mass is 16.4. The van der Waals surface area contributed by atoms with Crippen molar-refractivity contribution in [3.8, 4) is 0 Å². The minimum absolute atomic E-state index is 0.124. The summed E-state index contributed by atoms with van der Waals surface area (Å²) in [5.41, 5.74) is -0.799. The summed E-state index contributed by atoms with van der Waals surface area (Å²) in [5.74, 6) is 0.741. The average molecular weight is 401 g/mol. The van der Waals surface area contributed by atoms with Gasteiger partial charge in [-0.3, -0.25) is 0 Å². The van der Waals surface area contributed by atoms with Gasteiger partial charge in [-0.2, -0.15) is 0 Å². The van der Waals surface area contributed by atoms with Crippen molar-refractivity contribution in [3.05, 3.63) is 34.4 Å². The van der Waals surface area contributed by atoms with Crippen molar-refractivity contribution in [3.63, 3.8) is 0 Å². The number of aliphatic hydroxyl groups is 2. The molecule has 0 unspecified atom stereocenters. The van der Waals surface area contributed by atoms with Crippen LogP contribution in [-0.2, 0) is 4.79 Å². The van der Waals surface area contributed by atoms with Crippen LogP contribution in [0, 0.1) is 28.6 Å². The lowest BCUT2D eigenvalue weighted by Crippen LogP contribution is -2.63. The van der Waals surface area contributed by atoms with Crippen molar-refractivity contribution in [2.45, 2.75) is 82.3 Å². The average Bonchev–Trinajstić information content (AvgIpc) is 3.00. The molecule has 1 aromatic heterocycles. The molecule has 0 aliphatic heterocycles. The molecule has 5 heteroatoms. The van der Waals surface area contributed by atoms with E-state index in [0.717, 1.165) is 56.9 Å². The van der Waals surface area contributed by atoms with Crippen molar-refractivity contribution < 1.29 is 19.4 Å². The zero-order valence-electron chi connectivity index (χ0n) is 17.2. The van der Waals surface area contributed by atoms with Crippen molar-refractivity contribution >= 4 is 6.29 Å². The van der Waals surface area contributed by atoms with Crippen molar-refractivity contribution in [1.29, 1.82) is 0 Å². The Morgan fingerprint density at radius 1 is 1.07 bits per heavy atom. The number of aldehydes is 1. The molecule has 1 heterocycles. The monoisotopic (exact) mass is 400 g/mol. The molecule has 0 saturated heterocycles. The number of hydrogen-bond acceptors (Lipinski definition) is 5. The Kier molecular flexibility index (Phi) is 4.38. The highest BCUT2D eigenvalue weighted by Gasteiger charge is 2.68. The fourth-order valence-corrected chi connectivity index (χ4v) is 8.23. The number of carbonyl (C=O) groups excluding carboxylic acids is 1. The first-order chi connectivity index (χ1) is 13.8. The molecule has 0 radical (unpaired) electrons. The van der Waals surface area contributed by atoms with Gasteiger partial charge in [0.05, 0.1) is 18.0 Å².